The second kappa shape index (κ2) is 6.33. The third-order valence-corrected chi connectivity index (χ3v) is 4.95. The van der Waals surface area contributed by atoms with Crippen molar-refractivity contribution in [1.29, 1.82) is 0 Å². The number of nitrogens with one attached hydrogen (secondary N) is 2. The third kappa shape index (κ3) is 3.15. The molecule has 0 saturated carbocycles. The highest BCUT2D eigenvalue weighted by atomic mass is 16.1. The van der Waals surface area contributed by atoms with E-state index in [1.165, 1.54) is 0 Å². The van der Waals surface area contributed by atoms with E-state index in [1.54, 1.807) is 6.20 Å². The zero-order valence-electron chi connectivity index (χ0n) is 14.4. The Hall–Kier alpha value is -2.67. The van der Waals surface area contributed by atoms with Gasteiger partial charge in [-0.05, 0) is 24.7 Å². The topological polar surface area (TPSA) is 78.8 Å². The van der Waals surface area contributed by atoms with E-state index < -0.39 is 0 Å². The fraction of sp³-hybridized carbons (Fsp3) is 0.389. The average Bonchev–Trinajstić information content (AvgIpc) is 3.27. The normalized spacial score (nSPS) is 21.0. The smallest absolute Gasteiger partial charge is 0.224 e. The Morgan fingerprint density at radius 1 is 1.32 bits per heavy atom. The molecule has 0 radical (unpaired) electrons. The van der Waals surface area contributed by atoms with Crippen LogP contribution in [0.15, 0.2) is 36.9 Å². The molecular weight excluding hydrogens is 316 g/mol. The Balaban J connectivity index is 1.46. The van der Waals surface area contributed by atoms with E-state index in [9.17, 15) is 4.79 Å². The number of nitrogens with zero attached hydrogens (tertiary/aromatic N) is 4. The Morgan fingerprint density at radius 3 is 3.00 bits per heavy atom. The van der Waals surface area contributed by atoms with Crippen LogP contribution in [-0.2, 0) is 18.3 Å². The zero-order chi connectivity index (χ0) is 17.4. The number of H-pyrrole nitrogens is 1. The molecule has 0 spiro atoms. The molecule has 1 aromatic carbocycles. The van der Waals surface area contributed by atoms with Gasteiger partial charge in [0.25, 0.3) is 0 Å². The number of likely N-dealkylation sites (N-methyl/N-ethyl adjacent to an activating group) is 1. The van der Waals surface area contributed by atoms with Crippen LogP contribution >= 0.6 is 0 Å². The van der Waals surface area contributed by atoms with E-state index in [2.05, 4.69) is 32.4 Å². The van der Waals surface area contributed by atoms with Crippen LogP contribution in [-0.4, -0.2) is 56.7 Å². The number of hydrogen-bond donors (Lipinski definition) is 2. The van der Waals surface area contributed by atoms with Gasteiger partial charge in [0.15, 0.2) is 0 Å². The van der Waals surface area contributed by atoms with Crippen molar-refractivity contribution in [2.75, 3.05) is 20.1 Å². The SMILES string of the molecule is CN1C[C@@H](NC(=O)Cc2ccc3[nH]ncc3c2)[C@H](c2cncn2C)C1. The monoisotopic (exact) mass is 338 g/mol. The van der Waals surface area contributed by atoms with Crippen LogP contribution in [0.1, 0.15) is 17.2 Å². The lowest BCUT2D eigenvalue weighted by atomic mass is 9.99. The maximum absolute atomic E-state index is 12.6. The molecular formula is C18H22N6O. The van der Waals surface area contributed by atoms with E-state index in [4.69, 9.17) is 0 Å². The van der Waals surface area contributed by atoms with Gasteiger partial charge in [0.05, 0.1) is 30.5 Å². The van der Waals surface area contributed by atoms with E-state index in [0.717, 1.165) is 35.2 Å². The van der Waals surface area contributed by atoms with Gasteiger partial charge in [-0.15, -0.1) is 0 Å². The molecule has 3 heterocycles. The number of carbonyl (C=O) groups is 1. The lowest BCUT2D eigenvalue weighted by molar-refractivity contribution is -0.121. The number of aromatic amines is 1. The van der Waals surface area contributed by atoms with Crippen molar-refractivity contribution in [3.05, 3.63) is 48.2 Å². The molecule has 2 atom stereocenters. The molecule has 4 rings (SSSR count). The minimum Gasteiger partial charge on any atom is -0.351 e. The van der Waals surface area contributed by atoms with Gasteiger partial charge in [0.2, 0.25) is 5.91 Å². The maximum Gasteiger partial charge on any atom is 0.224 e. The number of aromatic nitrogens is 4. The Labute approximate surface area is 146 Å². The van der Waals surface area contributed by atoms with Crippen LogP contribution in [0.4, 0.5) is 0 Å². The van der Waals surface area contributed by atoms with Crippen LogP contribution < -0.4 is 5.32 Å². The molecule has 1 fully saturated rings. The van der Waals surface area contributed by atoms with Crippen molar-refractivity contribution in [3.8, 4) is 0 Å². The summed E-state index contributed by atoms with van der Waals surface area (Å²) in [5.41, 5.74) is 3.14. The summed E-state index contributed by atoms with van der Waals surface area (Å²) in [5.74, 6) is 0.313. The highest BCUT2D eigenvalue weighted by Crippen LogP contribution is 2.26. The first-order valence-electron chi connectivity index (χ1n) is 8.46. The van der Waals surface area contributed by atoms with Gasteiger partial charge in [-0.3, -0.25) is 9.89 Å². The predicted octanol–water partition coefficient (Wildman–Crippen LogP) is 1.05. The molecule has 3 aromatic rings. The van der Waals surface area contributed by atoms with Crippen LogP contribution in [0.3, 0.4) is 0 Å². The lowest BCUT2D eigenvalue weighted by Crippen LogP contribution is -2.40. The third-order valence-electron chi connectivity index (χ3n) is 4.95. The van der Waals surface area contributed by atoms with E-state index in [0.29, 0.717) is 6.42 Å². The quantitative estimate of drug-likeness (QED) is 0.745. The van der Waals surface area contributed by atoms with Gasteiger partial charge < -0.3 is 14.8 Å². The number of amides is 1. The molecule has 0 bridgehead atoms. The van der Waals surface area contributed by atoms with E-state index in [1.807, 2.05) is 42.3 Å². The second-order valence-corrected chi connectivity index (χ2v) is 6.90. The molecule has 0 unspecified atom stereocenters. The molecule has 1 aliphatic heterocycles. The molecule has 0 aliphatic carbocycles. The standard InChI is InChI=1S/C18H22N6O/c1-23-9-14(17-8-19-11-24(17)2)16(10-23)21-18(25)6-12-3-4-15-13(5-12)7-20-22-15/h3-5,7-8,11,14,16H,6,9-10H2,1-2H3,(H,20,22)(H,21,25)/t14-,16-/m1/s1. The number of imidazole rings is 1. The largest absolute Gasteiger partial charge is 0.351 e. The average molecular weight is 338 g/mol. The second-order valence-electron chi connectivity index (χ2n) is 6.90. The van der Waals surface area contributed by atoms with Crippen molar-refractivity contribution in [2.45, 2.75) is 18.4 Å². The first-order chi connectivity index (χ1) is 12.1. The molecule has 25 heavy (non-hydrogen) atoms. The number of hydrogen-bond acceptors (Lipinski definition) is 4. The Morgan fingerprint density at radius 2 is 2.20 bits per heavy atom. The fourth-order valence-corrected chi connectivity index (χ4v) is 3.72. The Bertz CT molecular complexity index is 898. The van der Waals surface area contributed by atoms with Crippen molar-refractivity contribution in [3.63, 3.8) is 0 Å². The summed E-state index contributed by atoms with van der Waals surface area (Å²) in [6.07, 6.45) is 5.86. The minimum atomic E-state index is 0.0512. The summed E-state index contributed by atoms with van der Waals surface area (Å²) >= 11 is 0. The summed E-state index contributed by atoms with van der Waals surface area (Å²) in [6, 6.07) is 6.05. The first kappa shape index (κ1) is 15.8. The highest BCUT2D eigenvalue weighted by Gasteiger charge is 2.34. The summed E-state index contributed by atoms with van der Waals surface area (Å²) in [4.78, 5) is 19.0. The van der Waals surface area contributed by atoms with E-state index in [-0.39, 0.29) is 17.9 Å². The summed E-state index contributed by atoms with van der Waals surface area (Å²) < 4.78 is 2.04. The van der Waals surface area contributed by atoms with Gasteiger partial charge >= 0.3 is 0 Å². The minimum absolute atomic E-state index is 0.0512. The highest BCUT2D eigenvalue weighted by molar-refractivity contribution is 5.83. The molecule has 1 aliphatic rings. The molecule has 130 valence electrons. The van der Waals surface area contributed by atoms with Crippen LogP contribution in [0.5, 0.6) is 0 Å². The number of likely N-dealkylation sites (tertiary alicyclic amines) is 1. The van der Waals surface area contributed by atoms with Gasteiger partial charge in [0, 0.05) is 43.3 Å². The molecule has 7 nitrogen and oxygen atoms in total. The van der Waals surface area contributed by atoms with Crippen molar-refractivity contribution >= 4 is 16.8 Å². The van der Waals surface area contributed by atoms with Gasteiger partial charge in [0.1, 0.15) is 0 Å². The first-order valence-corrected chi connectivity index (χ1v) is 8.46. The predicted molar refractivity (Wildman–Crippen MR) is 95.2 cm³/mol. The Kier molecular flexibility index (Phi) is 4.01. The number of benzene rings is 1. The van der Waals surface area contributed by atoms with Crippen LogP contribution in [0.25, 0.3) is 10.9 Å². The molecule has 1 saturated heterocycles. The van der Waals surface area contributed by atoms with Crippen LogP contribution in [0, 0.1) is 0 Å². The molecule has 1 amide bonds. The number of aryl methyl sites for hydroxylation is 1. The van der Waals surface area contributed by atoms with Gasteiger partial charge in [-0.2, -0.15) is 5.10 Å². The summed E-state index contributed by atoms with van der Waals surface area (Å²) in [7, 11) is 4.09. The van der Waals surface area contributed by atoms with Gasteiger partial charge in [-0.25, -0.2) is 4.98 Å². The number of fused-ring (bicyclic) bond motifs is 1. The van der Waals surface area contributed by atoms with Crippen LogP contribution in [0.2, 0.25) is 0 Å². The molecule has 2 aromatic heterocycles. The summed E-state index contributed by atoms with van der Waals surface area (Å²) in [6.45, 7) is 1.77. The van der Waals surface area contributed by atoms with Crippen molar-refractivity contribution < 1.29 is 4.79 Å². The number of carbonyl (C=O) groups excluding carboxylic acids is 1. The molecule has 7 heteroatoms. The fourth-order valence-electron chi connectivity index (χ4n) is 3.72. The summed E-state index contributed by atoms with van der Waals surface area (Å²) in [5, 5.41) is 11.2. The molecule has 2 N–H and O–H groups in total. The number of rotatable bonds is 4. The van der Waals surface area contributed by atoms with Crippen molar-refractivity contribution in [2.24, 2.45) is 7.05 Å². The lowest BCUT2D eigenvalue weighted by Gasteiger charge is -2.20. The maximum atomic E-state index is 12.6. The van der Waals surface area contributed by atoms with E-state index >= 15 is 0 Å². The van der Waals surface area contributed by atoms with Gasteiger partial charge in [-0.1, -0.05) is 6.07 Å². The van der Waals surface area contributed by atoms with Crippen molar-refractivity contribution in [1.82, 2.24) is 30.0 Å². The zero-order valence-corrected chi connectivity index (χ0v) is 14.4.